The van der Waals surface area contributed by atoms with Crippen molar-refractivity contribution >= 4 is 53.6 Å². The molecule has 1 aromatic rings. The molecular formula is C35H44N2O19. The van der Waals surface area contributed by atoms with E-state index < -0.39 is 128 Å². The number of amides is 2. The maximum atomic E-state index is 14.0. The Hall–Kier alpha value is -5.83. The molecule has 3 rings (SSSR count). The molecule has 56 heavy (non-hydrogen) atoms. The Labute approximate surface area is 320 Å². The van der Waals surface area contributed by atoms with Crippen molar-refractivity contribution in [3.05, 3.63) is 29.8 Å². The van der Waals surface area contributed by atoms with Crippen LogP contribution >= 0.6 is 0 Å². The van der Waals surface area contributed by atoms with Crippen LogP contribution in [0.3, 0.4) is 0 Å². The van der Waals surface area contributed by atoms with E-state index in [1.807, 2.05) is 0 Å². The summed E-state index contributed by atoms with van der Waals surface area (Å²) in [6.07, 6.45) is -12.1. The van der Waals surface area contributed by atoms with E-state index in [1.165, 1.54) is 24.3 Å². The Morgan fingerprint density at radius 2 is 0.911 bits per heavy atom. The van der Waals surface area contributed by atoms with Crippen LogP contribution in [0.5, 0.6) is 5.75 Å². The van der Waals surface area contributed by atoms with Crippen molar-refractivity contribution in [2.45, 2.75) is 117 Å². The van der Waals surface area contributed by atoms with Crippen LogP contribution in [-0.4, -0.2) is 128 Å². The third-order valence-electron chi connectivity index (χ3n) is 7.72. The van der Waals surface area contributed by atoms with E-state index in [0.717, 1.165) is 55.4 Å². The minimum Gasteiger partial charge on any atom is -0.463 e. The van der Waals surface area contributed by atoms with Gasteiger partial charge in [-0.3, -0.25) is 38.4 Å². The summed E-state index contributed by atoms with van der Waals surface area (Å²) in [6.45, 7) is 7.58. The normalized spacial score (nSPS) is 26.9. The predicted molar refractivity (Wildman–Crippen MR) is 180 cm³/mol. The molecule has 21 nitrogen and oxygen atoms in total. The SMILES string of the molecule is CC(=O)N[C@@H]1[C@H](Oc2ccccc2C(=O)O[C@@H]2O[C@H](COC(C)=O)[C@H](OC(C)=O)[C@@H](OC(C)=O)[C@@H]2NC(C)=O)O[C@H](COC(C)=O)[C@H](OC(C)=O)[C@@H]1OC(C)=O. The van der Waals surface area contributed by atoms with Crippen molar-refractivity contribution in [3.8, 4) is 5.75 Å². The smallest absolute Gasteiger partial charge is 0.344 e. The summed E-state index contributed by atoms with van der Waals surface area (Å²) in [5.74, 6) is -7.68. The van der Waals surface area contributed by atoms with Gasteiger partial charge >= 0.3 is 41.8 Å². The van der Waals surface area contributed by atoms with Gasteiger partial charge in [0.05, 0.1) is 0 Å². The molecule has 0 bridgehead atoms. The Bertz CT molecular complexity index is 1660. The van der Waals surface area contributed by atoms with Gasteiger partial charge in [0.1, 0.15) is 48.8 Å². The Morgan fingerprint density at radius 1 is 0.518 bits per heavy atom. The van der Waals surface area contributed by atoms with Crippen LogP contribution in [0.2, 0.25) is 0 Å². The number of hydrogen-bond donors (Lipinski definition) is 2. The van der Waals surface area contributed by atoms with Crippen LogP contribution in [0.25, 0.3) is 0 Å². The lowest BCUT2D eigenvalue weighted by Gasteiger charge is -2.45. The summed E-state index contributed by atoms with van der Waals surface area (Å²) in [4.78, 5) is 111. The van der Waals surface area contributed by atoms with Crippen LogP contribution in [0.4, 0.5) is 0 Å². The molecule has 0 aliphatic carbocycles. The molecule has 2 fully saturated rings. The Balaban J connectivity index is 2.07. The second-order valence-corrected chi connectivity index (χ2v) is 12.5. The fourth-order valence-corrected chi connectivity index (χ4v) is 5.81. The van der Waals surface area contributed by atoms with Gasteiger partial charge in [0.25, 0.3) is 0 Å². The number of carbonyl (C=O) groups is 9. The fraction of sp³-hybridized carbons (Fsp3) is 0.571. The molecule has 2 N–H and O–H groups in total. The van der Waals surface area contributed by atoms with E-state index in [0.29, 0.717) is 0 Å². The van der Waals surface area contributed by atoms with Gasteiger partial charge in [-0.15, -0.1) is 0 Å². The zero-order chi connectivity index (χ0) is 41.9. The average Bonchev–Trinajstić information content (AvgIpc) is 3.07. The van der Waals surface area contributed by atoms with Gasteiger partial charge in [-0.25, -0.2) is 4.79 Å². The van der Waals surface area contributed by atoms with Crippen molar-refractivity contribution in [2.75, 3.05) is 13.2 Å². The van der Waals surface area contributed by atoms with E-state index in [-0.39, 0.29) is 11.3 Å². The second-order valence-electron chi connectivity index (χ2n) is 12.5. The van der Waals surface area contributed by atoms with Crippen molar-refractivity contribution in [1.82, 2.24) is 10.6 Å². The number of carbonyl (C=O) groups excluding carboxylic acids is 9. The Kier molecular flexibility index (Phi) is 16.1. The number of rotatable bonds is 14. The highest BCUT2D eigenvalue weighted by atomic mass is 16.7. The number of esters is 7. The molecule has 2 aliphatic heterocycles. The maximum absolute atomic E-state index is 14.0. The van der Waals surface area contributed by atoms with E-state index >= 15 is 0 Å². The molecule has 2 aliphatic rings. The number of nitrogens with one attached hydrogen (secondary N) is 2. The third-order valence-corrected chi connectivity index (χ3v) is 7.72. The third kappa shape index (κ3) is 12.9. The van der Waals surface area contributed by atoms with Crippen LogP contribution in [0, 0.1) is 0 Å². The lowest BCUT2D eigenvalue weighted by Crippen LogP contribution is -2.67. The van der Waals surface area contributed by atoms with Crippen molar-refractivity contribution in [2.24, 2.45) is 0 Å². The van der Waals surface area contributed by atoms with Gasteiger partial charge in [-0.05, 0) is 12.1 Å². The number of benzene rings is 1. The van der Waals surface area contributed by atoms with Crippen molar-refractivity contribution in [3.63, 3.8) is 0 Å². The predicted octanol–water partition coefficient (Wildman–Crippen LogP) is -0.466. The molecular weight excluding hydrogens is 752 g/mol. The van der Waals surface area contributed by atoms with Gasteiger partial charge < -0.3 is 58.0 Å². The Morgan fingerprint density at radius 3 is 1.32 bits per heavy atom. The molecule has 308 valence electrons. The van der Waals surface area contributed by atoms with E-state index in [1.54, 1.807) is 0 Å². The van der Waals surface area contributed by atoms with E-state index in [9.17, 15) is 43.2 Å². The molecule has 0 radical (unpaired) electrons. The van der Waals surface area contributed by atoms with Gasteiger partial charge in [0.15, 0.2) is 24.4 Å². The maximum Gasteiger partial charge on any atom is 0.344 e. The first kappa shape index (κ1) is 44.6. The first-order chi connectivity index (χ1) is 26.3. The zero-order valence-corrected chi connectivity index (χ0v) is 31.8. The molecule has 21 heteroatoms. The summed E-state index contributed by atoms with van der Waals surface area (Å²) < 4.78 is 55.7. The highest BCUT2D eigenvalue weighted by Gasteiger charge is 2.54. The molecule has 1 aromatic carbocycles. The first-order valence-electron chi connectivity index (χ1n) is 17.0. The minimum atomic E-state index is -1.79. The quantitative estimate of drug-likeness (QED) is 0.178. The molecule has 0 aromatic heterocycles. The molecule has 0 saturated carbocycles. The minimum absolute atomic E-state index is 0.255. The van der Waals surface area contributed by atoms with Crippen LogP contribution in [0.1, 0.15) is 65.7 Å². The summed E-state index contributed by atoms with van der Waals surface area (Å²) in [5.41, 5.74) is -0.312. The summed E-state index contributed by atoms with van der Waals surface area (Å²) >= 11 is 0. The summed E-state index contributed by atoms with van der Waals surface area (Å²) in [5, 5.41) is 5.02. The average molecular weight is 797 g/mol. The van der Waals surface area contributed by atoms with Crippen LogP contribution in [-0.2, 0) is 81.0 Å². The largest absolute Gasteiger partial charge is 0.463 e. The molecule has 0 unspecified atom stereocenters. The van der Waals surface area contributed by atoms with Gasteiger partial charge in [-0.2, -0.15) is 0 Å². The molecule has 2 heterocycles. The monoisotopic (exact) mass is 796 g/mol. The number of hydrogen-bond acceptors (Lipinski definition) is 19. The molecule has 10 atom stereocenters. The highest BCUT2D eigenvalue weighted by molar-refractivity contribution is 5.92. The standard InChI is InChI=1S/C35H44N2O19/c1-15(38)36-27-31(51-21(7)44)29(49-19(5)42)25(13-47-17(3)40)54-34(27)53-24-12-10-9-11-23(24)33(46)56-35-28(37-16(2)39)32(52-22(8)45)30(50-20(6)43)26(55-35)14-48-18(4)41/h9-12,25-32,34-35H,13-14H2,1-8H3,(H,36,38)(H,37,39)/t25-,26-,27+,28+,29+,30+,31-,32+,34-,35+/m1/s1. The number of para-hydroxylation sites is 1. The lowest BCUT2D eigenvalue weighted by atomic mass is 9.96. The molecule has 2 saturated heterocycles. The zero-order valence-electron chi connectivity index (χ0n) is 31.8. The fourth-order valence-electron chi connectivity index (χ4n) is 5.81. The van der Waals surface area contributed by atoms with E-state index in [4.69, 9.17) is 47.4 Å². The molecule has 2 amide bonds. The van der Waals surface area contributed by atoms with Gasteiger partial charge in [0.2, 0.25) is 24.4 Å². The topological polar surface area (TPSA) is 270 Å². The van der Waals surface area contributed by atoms with Gasteiger partial charge in [0, 0.05) is 55.4 Å². The first-order valence-corrected chi connectivity index (χ1v) is 17.0. The number of ether oxygens (including phenoxy) is 10. The van der Waals surface area contributed by atoms with Crippen LogP contribution in [0.15, 0.2) is 24.3 Å². The van der Waals surface area contributed by atoms with Crippen molar-refractivity contribution in [1.29, 1.82) is 0 Å². The van der Waals surface area contributed by atoms with Crippen molar-refractivity contribution < 1.29 is 90.5 Å². The summed E-state index contributed by atoms with van der Waals surface area (Å²) in [7, 11) is 0. The highest BCUT2D eigenvalue weighted by Crippen LogP contribution is 2.33. The van der Waals surface area contributed by atoms with Crippen LogP contribution < -0.4 is 15.4 Å². The van der Waals surface area contributed by atoms with E-state index in [2.05, 4.69) is 10.6 Å². The van der Waals surface area contributed by atoms with Gasteiger partial charge in [-0.1, -0.05) is 12.1 Å². The summed E-state index contributed by atoms with van der Waals surface area (Å²) in [6, 6.07) is 2.53. The lowest BCUT2D eigenvalue weighted by molar-refractivity contribution is -0.264. The second kappa shape index (κ2) is 20.2. The molecule has 0 spiro atoms.